The SMILES string of the molecule is C[C@H]1[C@H](/C=C/c2ccc(-c3cccc(F)c3)cn2)[C@H]2[C@@H](C)OC(=O)[C@]2(C(=O)O)C[C@@H]1C. The number of allylic oxidation sites excluding steroid dienone is 1. The Kier molecular flexibility index (Phi) is 5.42. The van der Waals surface area contributed by atoms with Crippen molar-refractivity contribution in [3.05, 3.63) is 60.2 Å². The lowest BCUT2D eigenvalue weighted by Crippen LogP contribution is -2.52. The summed E-state index contributed by atoms with van der Waals surface area (Å²) < 4.78 is 18.9. The highest BCUT2D eigenvalue weighted by Gasteiger charge is 2.66. The molecule has 2 aliphatic rings. The number of aliphatic carboxylic acids is 1. The van der Waals surface area contributed by atoms with Crippen molar-refractivity contribution in [1.82, 2.24) is 4.98 Å². The Labute approximate surface area is 181 Å². The van der Waals surface area contributed by atoms with Crippen molar-refractivity contribution < 1.29 is 23.8 Å². The van der Waals surface area contributed by atoms with Gasteiger partial charge in [-0.2, -0.15) is 0 Å². The van der Waals surface area contributed by atoms with Gasteiger partial charge < -0.3 is 9.84 Å². The molecular weight excluding hydrogens is 397 g/mol. The van der Waals surface area contributed by atoms with E-state index < -0.39 is 29.4 Å². The highest BCUT2D eigenvalue weighted by Crippen LogP contribution is 2.56. The number of hydrogen-bond acceptors (Lipinski definition) is 4. The first-order valence-corrected chi connectivity index (χ1v) is 10.6. The average molecular weight is 423 g/mol. The van der Waals surface area contributed by atoms with Gasteiger partial charge in [0.2, 0.25) is 0 Å². The highest BCUT2D eigenvalue weighted by molar-refractivity contribution is 6.01. The first-order chi connectivity index (χ1) is 14.7. The Hall–Kier alpha value is -3.02. The molecule has 5 nitrogen and oxygen atoms in total. The van der Waals surface area contributed by atoms with Crippen LogP contribution in [-0.2, 0) is 14.3 Å². The maximum atomic E-state index is 13.5. The summed E-state index contributed by atoms with van der Waals surface area (Å²) in [6.45, 7) is 5.87. The quantitative estimate of drug-likeness (QED) is 0.563. The van der Waals surface area contributed by atoms with E-state index in [1.165, 1.54) is 12.1 Å². The molecule has 1 saturated carbocycles. The second-order valence-electron chi connectivity index (χ2n) is 8.87. The van der Waals surface area contributed by atoms with Gasteiger partial charge >= 0.3 is 11.9 Å². The van der Waals surface area contributed by atoms with Gasteiger partial charge in [-0.15, -0.1) is 0 Å². The number of rotatable bonds is 4. The normalized spacial score (nSPS) is 32.6. The van der Waals surface area contributed by atoms with Crippen molar-refractivity contribution in [2.45, 2.75) is 33.3 Å². The molecule has 6 heteroatoms. The molecule has 31 heavy (non-hydrogen) atoms. The molecule has 2 aromatic rings. The number of nitrogens with zero attached hydrogens (tertiary/aromatic N) is 1. The van der Waals surface area contributed by atoms with Gasteiger partial charge in [-0.3, -0.25) is 14.6 Å². The molecule has 0 amide bonds. The van der Waals surface area contributed by atoms with Gasteiger partial charge in [-0.05, 0) is 60.9 Å². The van der Waals surface area contributed by atoms with E-state index in [0.717, 1.165) is 11.1 Å². The number of carbonyl (C=O) groups excluding carboxylic acids is 1. The molecule has 0 spiro atoms. The number of carboxylic acid groups (broad SMARTS) is 1. The Morgan fingerprint density at radius 2 is 2.00 bits per heavy atom. The van der Waals surface area contributed by atoms with E-state index in [4.69, 9.17) is 4.74 Å². The standard InChI is InChI=1S/C25H26FNO4/c1-14-12-25(23(28)29)22(16(3)31-24(25)30)21(15(14)2)10-9-20-8-7-18(13-27-20)17-5-4-6-19(26)11-17/h4-11,13-16,21-22H,12H2,1-3H3,(H,28,29)/b10-9+/t14-,15+,16+,21-,22+,25+/m0/s1. The molecule has 1 N–H and O–H groups in total. The fraction of sp³-hybridized carbons (Fsp3) is 0.400. The first kappa shape index (κ1) is 21.2. The lowest BCUT2D eigenvalue weighted by atomic mass is 9.55. The maximum absolute atomic E-state index is 13.5. The van der Waals surface area contributed by atoms with Crippen LogP contribution in [0.25, 0.3) is 17.2 Å². The van der Waals surface area contributed by atoms with Gasteiger partial charge in [-0.1, -0.05) is 38.1 Å². The van der Waals surface area contributed by atoms with Crippen molar-refractivity contribution in [3.63, 3.8) is 0 Å². The molecule has 6 atom stereocenters. The summed E-state index contributed by atoms with van der Waals surface area (Å²) in [7, 11) is 0. The number of aromatic nitrogens is 1. The minimum Gasteiger partial charge on any atom is -0.480 e. The average Bonchev–Trinajstić information content (AvgIpc) is 2.99. The summed E-state index contributed by atoms with van der Waals surface area (Å²) in [6, 6.07) is 10.1. The number of esters is 1. The summed E-state index contributed by atoms with van der Waals surface area (Å²) in [6.07, 6.45) is 5.37. The van der Waals surface area contributed by atoms with E-state index in [1.54, 1.807) is 19.2 Å². The Morgan fingerprint density at radius 3 is 2.65 bits per heavy atom. The zero-order chi connectivity index (χ0) is 22.3. The highest BCUT2D eigenvalue weighted by atomic mass is 19.1. The lowest BCUT2D eigenvalue weighted by molar-refractivity contribution is -0.167. The summed E-state index contributed by atoms with van der Waals surface area (Å²) in [5.74, 6) is -2.32. The number of hydrogen-bond donors (Lipinski definition) is 1. The van der Waals surface area contributed by atoms with Crippen molar-refractivity contribution in [2.24, 2.45) is 29.1 Å². The number of fused-ring (bicyclic) bond motifs is 1. The van der Waals surface area contributed by atoms with Gasteiger partial charge in [0.25, 0.3) is 0 Å². The van der Waals surface area contributed by atoms with Crippen molar-refractivity contribution >= 4 is 18.0 Å². The number of carbonyl (C=O) groups is 2. The topological polar surface area (TPSA) is 76.5 Å². The van der Waals surface area contributed by atoms with Crippen molar-refractivity contribution in [1.29, 1.82) is 0 Å². The van der Waals surface area contributed by atoms with Crippen LogP contribution in [0.2, 0.25) is 0 Å². The van der Waals surface area contributed by atoms with Crippen LogP contribution >= 0.6 is 0 Å². The third-order valence-electron chi connectivity index (χ3n) is 7.11. The van der Waals surface area contributed by atoms with E-state index in [2.05, 4.69) is 11.9 Å². The number of halogens is 1. The largest absolute Gasteiger partial charge is 0.480 e. The van der Waals surface area contributed by atoms with E-state index in [1.807, 2.05) is 37.3 Å². The fourth-order valence-electron chi connectivity index (χ4n) is 5.31. The Bertz CT molecular complexity index is 1030. The summed E-state index contributed by atoms with van der Waals surface area (Å²) in [5, 5.41) is 9.99. The van der Waals surface area contributed by atoms with Crippen LogP contribution in [0.4, 0.5) is 4.39 Å². The number of benzene rings is 1. The molecule has 1 aliphatic carbocycles. The third kappa shape index (κ3) is 3.54. The van der Waals surface area contributed by atoms with Crippen LogP contribution in [-0.4, -0.2) is 28.1 Å². The van der Waals surface area contributed by atoms with Gasteiger partial charge in [-0.25, -0.2) is 4.39 Å². The summed E-state index contributed by atoms with van der Waals surface area (Å²) in [4.78, 5) is 29.3. The molecule has 0 unspecified atom stereocenters. The Balaban J connectivity index is 1.62. The number of carboxylic acids is 1. The van der Waals surface area contributed by atoms with E-state index >= 15 is 0 Å². The predicted octanol–water partition coefficient (Wildman–Crippen LogP) is 4.83. The van der Waals surface area contributed by atoms with E-state index in [-0.39, 0.29) is 23.6 Å². The zero-order valence-corrected chi connectivity index (χ0v) is 17.8. The predicted molar refractivity (Wildman–Crippen MR) is 114 cm³/mol. The maximum Gasteiger partial charge on any atom is 0.324 e. The van der Waals surface area contributed by atoms with Crippen LogP contribution in [0.5, 0.6) is 0 Å². The van der Waals surface area contributed by atoms with Gasteiger partial charge in [0.15, 0.2) is 5.41 Å². The smallest absolute Gasteiger partial charge is 0.324 e. The number of cyclic esters (lactones) is 1. The monoisotopic (exact) mass is 423 g/mol. The molecular formula is C25H26FNO4. The minimum absolute atomic E-state index is 0.0585. The van der Waals surface area contributed by atoms with Gasteiger partial charge in [0.1, 0.15) is 11.9 Å². The van der Waals surface area contributed by atoms with Crippen LogP contribution in [0, 0.1) is 34.9 Å². The van der Waals surface area contributed by atoms with Gasteiger partial charge in [0.05, 0.1) is 5.69 Å². The van der Waals surface area contributed by atoms with E-state index in [0.29, 0.717) is 12.1 Å². The second-order valence-corrected chi connectivity index (χ2v) is 8.87. The molecule has 1 aromatic carbocycles. The molecule has 1 aromatic heterocycles. The van der Waals surface area contributed by atoms with Crippen LogP contribution in [0.1, 0.15) is 32.9 Å². The lowest BCUT2D eigenvalue weighted by Gasteiger charge is -2.45. The molecule has 2 fully saturated rings. The molecule has 4 rings (SSSR count). The van der Waals surface area contributed by atoms with Crippen molar-refractivity contribution in [3.8, 4) is 11.1 Å². The van der Waals surface area contributed by atoms with Crippen LogP contribution in [0.3, 0.4) is 0 Å². The first-order valence-electron chi connectivity index (χ1n) is 10.6. The van der Waals surface area contributed by atoms with E-state index in [9.17, 15) is 19.1 Å². The van der Waals surface area contributed by atoms with Crippen LogP contribution < -0.4 is 0 Å². The summed E-state index contributed by atoms with van der Waals surface area (Å²) >= 11 is 0. The molecule has 1 aliphatic heterocycles. The molecule has 1 saturated heterocycles. The molecule has 0 bridgehead atoms. The summed E-state index contributed by atoms with van der Waals surface area (Å²) in [5.41, 5.74) is 0.781. The Morgan fingerprint density at radius 1 is 1.23 bits per heavy atom. The molecule has 2 heterocycles. The number of ether oxygens (including phenoxy) is 1. The second kappa shape index (κ2) is 7.91. The molecule has 0 radical (unpaired) electrons. The van der Waals surface area contributed by atoms with Crippen molar-refractivity contribution in [2.75, 3.05) is 0 Å². The third-order valence-corrected chi connectivity index (χ3v) is 7.11. The minimum atomic E-state index is -1.49. The van der Waals surface area contributed by atoms with Crippen LogP contribution in [0.15, 0.2) is 48.7 Å². The fourth-order valence-corrected chi connectivity index (χ4v) is 5.31. The molecule has 162 valence electrons. The zero-order valence-electron chi connectivity index (χ0n) is 17.8. The number of pyridine rings is 1. The van der Waals surface area contributed by atoms with Gasteiger partial charge in [0, 0.05) is 17.7 Å².